The van der Waals surface area contributed by atoms with Gasteiger partial charge in [-0.25, -0.2) is 8.42 Å². The number of carbonyl (C=O) groups excluding carboxylic acids is 3. The lowest BCUT2D eigenvalue weighted by atomic mass is 10.1. The minimum atomic E-state index is -3.92. The first-order valence-corrected chi connectivity index (χ1v) is 14.6. The Bertz CT molecular complexity index is 1240. The number of anilines is 1. The lowest BCUT2D eigenvalue weighted by molar-refractivity contribution is -0.140. The summed E-state index contributed by atoms with van der Waals surface area (Å²) in [6.07, 6.45) is 2.96. The molecular weight excluding hydrogens is 537 g/mol. The number of Topliss-reactive ketones (excluding diaryl/α,β-unsaturated/α-hetero) is 1. The molecule has 0 radical (unpaired) electrons. The van der Waals surface area contributed by atoms with Gasteiger partial charge < -0.3 is 10.2 Å². The number of benzene rings is 2. The first-order valence-electron chi connectivity index (χ1n) is 12.0. The molecule has 0 aliphatic carbocycles. The standard InChI is InChI=1S/C26H33Cl2N3O5S/c1-5-7-13-29-26(34)24(6-2)30(16-20-11-12-21(27)15-23(20)28)25(33)17-31(37(4,35)36)22-10-8-9-19(14-22)18(3)32/h8-12,14-15,24H,5-7,13,16-17H2,1-4H3,(H,29,34)/t24-/m1/s1. The highest BCUT2D eigenvalue weighted by Crippen LogP contribution is 2.25. The topological polar surface area (TPSA) is 104 Å². The van der Waals surface area contributed by atoms with E-state index in [1.807, 2.05) is 6.92 Å². The average Bonchev–Trinajstić information content (AvgIpc) is 2.83. The SMILES string of the molecule is CCCCNC(=O)[C@@H](CC)N(Cc1ccc(Cl)cc1Cl)C(=O)CN(c1cccc(C(C)=O)c1)S(C)(=O)=O. The molecule has 2 rings (SSSR count). The van der Waals surface area contributed by atoms with Crippen molar-refractivity contribution in [3.63, 3.8) is 0 Å². The Kier molecular flexibility index (Phi) is 11.4. The second kappa shape index (κ2) is 13.8. The summed E-state index contributed by atoms with van der Waals surface area (Å²) in [5.74, 6) is -1.17. The van der Waals surface area contributed by atoms with Crippen molar-refractivity contribution < 1.29 is 22.8 Å². The quantitative estimate of drug-likeness (QED) is 0.278. The normalized spacial score (nSPS) is 12.1. The van der Waals surface area contributed by atoms with Crippen LogP contribution in [0.15, 0.2) is 42.5 Å². The molecule has 2 aromatic carbocycles. The predicted molar refractivity (Wildman–Crippen MR) is 148 cm³/mol. The number of carbonyl (C=O) groups is 3. The maximum Gasteiger partial charge on any atom is 0.244 e. The lowest BCUT2D eigenvalue weighted by Crippen LogP contribution is -2.52. The number of hydrogen-bond acceptors (Lipinski definition) is 5. The molecule has 1 atom stereocenters. The molecule has 11 heteroatoms. The smallest absolute Gasteiger partial charge is 0.244 e. The molecule has 0 fully saturated rings. The Morgan fingerprint density at radius 2 is 1.76 bits per heavy atom. The van der Waals surface area contributed by atoms with Gasteiger partial charge >= 0.3 is 0 Å². The largest absolute Gasteiger partial charge is 0.354 e. The van der Waals surface area contributed by atoms with Crippen LogP contribution in [0.4, 0.5) is 5.69 Å². The molecule has 0 saturated heterocycles. The first kappa shape index (κ1) is 30.6. The first-order chi connectivity index (χ1) is 17.4. The van der Waals surface area contributed by atoms with Gasteiger partial charge in [0.05, 0.1) is 11.9 Å². The summed E-state index contributed by atoms with van der Waals surface area (Å²) in [5, 5.41) is 3.60. The Balaban J connectivity index is 2.48. The maximum absolute atomic E-state index is 13.7. The van der Waals surface area contributed by atoms with Crippen LogP contribution < -0.4 is 9.62 Å². The summed E-state index contributed by atoms with van der Waals surface area (Å²) in [6.45, 7) is 5.02. The van der Waals surface area contributed by atoms with Gasteiger partial charge in [0.1, 0.15) is 12.6 Å². The van der Waals surface area contributed by atoms with E-state index in [0.717, 1.165) is 23.4 Å². The van der Waals surface area contributed by atoms with Gasteiger partial charge in [0.2, 0.25) is 21.8 Å². The van der Waals surface area contributed by atoms with Crippen LogP contribution in [0.5, 0.6) is 0 Å². The molecule has 0 aliphatic heterocycles. The van der Waals surface area contributed by atoms with Crippen molar-refractivity contribution >= 4 is 56.5 Å². The van der Waals surface area contributed by atoms with Gasteiger partial charge in [-0.1, -0.05) is 61.7 Å². The maximum atomic E-state index is 13.7. The summed E-state index contributed by atoms with van der Waals surface area (Å²) < 4.78 is 26.4. The van der Waals surface area contributed by atoms with E-state index in [2.05, 4.69) is 5.32 Å². The lowest BCUT2D eigenvalue weighted by Gasteiger charge is -2.33. The van der Waals surface area contributed by atoms with Gasteiger partial charge in [-0.05, 0) is 49.6 Å². The van der Waals surface area contributed by atoms with Crippen LogP contribution in [-0.4, -0.2) is 56.3 Å². The average molecular weight is 571 g/mol. The molecule has 8 nitrogen and oxygen atoms in total. The molecule has 37 heavy (non-hydrogen) atoms. The monoisotopic (exact) mass is 569 g/mol. The molecule has 0 saturated carbocycles. The fourth-order valence-electron chi connectivity index (χ4n) is 3.75. The molecule has 1 N–H and O–H groups in total. The van der Waals surface area contributed by atoms with Crippen molar-refractivity contribution in [1.29, 1.82) is 0 Å². The van der Waals surface area contributed by atoms with Gasteiger partial charge in [0.15, 0.2) is 5.78 Å². The fraction of sp³-hybridized carbons (Fsp3) is 0.423. The van der Waals surface area contributed by atoms with Crippen molar-refractivity contribution in [3.05, 3.63) is 63.6 Å². The van der Waals surface area contributed by atoms with Crippen molar-refractivity contribution in [3.8, 4) is 0 Å². The number of sulfonamides is 1. The number of unbranched alkanes of at least 4 members (excludes halogenated alkanes) is 1. The van der Waals surface area contributed by atoms with Crippen molar-refractivity contribution in [1.82, 2.24) is 10.2 Å². The van der Waals surface area contributed by atoms with Crippen molar-refractivity contribution in [2.75, 3.05) is 23.7 Å². The zero-order valence-electron chi connectivity index (χ0n) is 21.5. The van der Waals surface area contributed by atoms with Gasteiger partial charge in [0, 0.05) is 28.7 Å². The van der Waals surface area contributed by atoms with E-state index in [1.165, 1.54) is 24.0 Å². The van der Waals surface area contributed by atoms with Crippen LogP contribution in [-0.2, 0) is 26.2 Å². The van der Waals surface area contributed by atoms with Crippen LogP contribution in [0.3, 0.4) is 0 Å². The number of nitrogens with one attached hydrogen (secondary N) is 1. The van der Waals surface area contributed by atoms with Crippen molar-refractivity contribution in [2.45, 2.75) is 52.6 Å². The molecular formula is C26H33Cl2N3O5S. The van der Waals surface area contributed by atoms with Crippen LogP contribution >= 0.6 is 23.2 Å². The second-order valence-electron chi connectivity index (χ2n) is 8.70. The second-order valence-corrected chi connectivity index (χ2v) is 11.5. The Hall–Kier alpha value is -2.62. The molecule has 0 heterocycles. The molecule has 0 spiro atoms. The van der Waals surface area contributed by atoms with E-state index in [1.54, 1.807) is 37.3 Å². The highest BCUT2D eigenvalue weighted by Gasteiger charge is 2.32. The third-order valence-electron chi connectivity index (χ3n) is 5.79. The number of ketones is 1. The third-order valence-corrected chi connectivity index (χ3v) is 7.52. The minimum Gasteiger partial charge on any atom is -0.354 e. The van der Waals surface area contributed by atoms with E-state index in [4.69, 9.17) is 23.2 Å². The Labute approximate surface area is 229 Å². The van der Waals surface area contributed by atoms with E-state index < -0.39 is 28.5 Å². The number of halogens is 2. The van der Waals surface area contributed by atoms with Crippen molar-refractivity contribution in [2.24, 2.45) is 0 Å². The molecule has 2 amide bonds. The van der Waals surface area contributed by atoms with Gasteiger partial charge in [0.25, 0.3) is 0 Å². The summed E-state index contributed by atoms with van der Waals surface area (Å²) in [6, 6.07) is 10.0. The van der Waals surface area contributed by atoms with E-state index in [-0.39, 0.29) is 23.9 Å². The van der Waals surface area contributed by atoms with Gasteiger partial charge in [-0.15, -0.1) is 0 Å². The van der Waals surface area contributed by atoms with Crippen LogP contribution in [0.1, 0.15) is 56.0 Å². The Morgan fingerprint density at radius 1 is 1.05 bits per heavy atom. The summed E-state index contributed by atoms with van der Waals surface area (Å²) >= 11 is 12.4. The van der Waals surface area contributed by atoms with Crippen LogP contribution in [0.2, 0.25) is 10.0 Å². The summed E-state index contributed by atoms with van der Waals surface area (Å²) in [4.78, 5) is 40.0. The van der Waals surface area contributed by atoms with Crippen LogP contribution in [0.25, 0.3) is 0 Å². The van der Waals surface area contributed by atoms with E-state index in [0.29, 0.717) is 34.1 Å². The fourth-order valence-corrected chi connectivity index (χ4v) is 5.06. The zero-order chi connectivity index (χ0) is 27.8. The summed E-state index contributed by atoms with van der Waals surface area (Å²) in [7, 11) is -3.92. The number of hydrogen-bond donors (Lipinski definition) is 1. The molecule has 0 aliphatic rings. The van der Waals surface area contributed by atoms with E-state index in [9.17, 15) is 22.8 Å². The van der Waals surface area contributed by atoms with Gasteiger partial charge in [-0.2, -0.15) is 0 Å². The Morgan fingerprint density at radius 3 is 2.32 bits per heavy atom. The minimum absolute atomic E-state index is 0.0281. The van der Waals surface area contributed by atoms with E-state index >= 15 is 0 Å². The van der Waals surface area contributed by atoms with Gasteiger partial charge in [-0.3, -0.25) is 18.7 Å². The number of amides is 2. The zero-order valence-corrected chi connectivity index (χ0v) is 23.8. The number of rotatable bonds is 13. The highest BCUT2D eigenvalue weighted by molar-refractivity contribution is 7.92. The molecule has 2 aromatic rings. The molecule has 0 bridgehead atoms. The number of nitrogens with zero attached hydrogens (tertiary/aromatic N) is 2. The summed E-state index contributed by atoms with van der Waals surface area (Å²) in [5.41, 5.74) is 1.04. The third kappa shape index (κ3) is 8.72. The molecule has 0 unspecified atom stereocenters. The molecule has 0 aromatic heterocycles. The van der Waals surface area contributed by atoms with Crippen LogP contribution in [0, 0.1) is 0 Å². The molecule has 202 valence electrons. The highest BCUT2D eigenvalue weighted by atomic mass is 35.5. The predicted octanol–water partition coefficient (Wildman–Crippen LogP) is 4.69.